The molecule has 2 aliphatic rings. The molecule has 10 nitrogen and oxygen atoms in total. The summed E-state index contributed by atoms with van der Waals surface area (Å²) in [4.78, 5) is 63.2. The van der Waals surface area contributed by atoms with E-state index in [1.165, 1.54) is 12.4 Å². The highest BCUT2D eigenvalue weighted by Crippen LogP contribution is 2.24. The zero-order chi connectivity index (χ0) is 31.9. The summed E-state index contributed by atoms with van der Waals surface area (Å²) in [7, 11) is 0. The van der Waals surface area contributed by atoms with Gasteiger partial charge in [0, 0.05) is 49.3 Å². The van der Waals surface area contributed by atoms with Crippen molar-refractivity contribution in [3.63, 3.8) is 0 Å². The van der Waals surface area contributed by atoms with Gasteiger partial charge >= 0.3 is 0 Å². The van der Waals surface area contributed by atoms with E-state index in [0.717, 1.165) is 24.0 Å². The smallest absolute Gasteiger partial charge is 0.256 e. The van der Waals surface area contributed by atoms with Gasteiger partial charge in [-0.2, -0.15) is 0 Å². The van der Waals surface area contributed by atoms with Crippen molar-refractivity contribution in [2.24, 2.45) is 0 Å². The fraction of sp³-hybridized carbons (Fsp3) is 0.222. The topological polar surface area (TPSA) is 125 Å². The van der Waals surface area contributed by atoms with Crippen molar-refractivity contribution in [1.82, 2.24) is 19.8 Å². The molecular weight excluding hydrogens is 580 g/mol. The van der Waals surface area contributed by atoms with Gasteiger partial charge in [0.1, 0.15) is 12.1 Å². The van der Waals surface area contributed by atoms with Crippen LogP contribution >= 0.6 is 0 Å². The maximum atomic E-state index is 13.0. The molecule has 2 saturated heterocycles. The van der Waals surface area contributed by atoms with Crippen LogP contribution in [0.5, 0.6) is 0 Å². The second kappa shape index (κ2) is 14.0. The van der Waals surface area contributed by atoms with Crippen LogP contribution in [-0.2, 0) is 9.59 Å². The standard InChI is InChI=1S/C36H34N6O4/c43-33(31-7-3-21-41(31)35(45)27-5-1-19-37-23-27)39-29-15-11-25(12-16-29)9-10-26-13-17-30(18-14-26)40-34(44)32-8-4-22-42(32)36(46)28-6-2-20-38-24-28/h1-2,5-6,9-20,23-24,31-32H,3-4,7-8,21-22H2,(H,39,43)(H,40,44)/b10-9+/t31-,32-/m0/s1. The van der Waals surface area contributed by atoms with Crippen LogP contribution in [0.25, 0.3) is 12.2 Å². The number of carbonyl (C=O) groups excluding carboxylic acids is 4. The van der Waals surface area contributed by atoms with Crippen molar-refractivity contribution in [3.8, 4) is 0 Å². The molecule has 6 rings (SSSR count). The van der Waals surface area contributed by atoms with Crippen molar-refractivity contribution >= 4 is 47.2 Å². The van der Waals surface area contributed by atoms with Gasteiger partial charge in [0.25, 0.3) is 11.8 Å². The lowest BCUT2D eigenvalue weighted by Crippen LogP contribution is -2.43. The van der Waals surface area contributed by atoms with Crippen molar-refractivity contribution in [3.05, 3.63) is 120 Å². The predicted molar refractivity (Wildman–Crippen MR) is 176 cm³/mol. The third kappa shape index (κ3) is 7.02. The Morgan fingerprint density at radius 2 is 1.02 bits per heavy atom. The van der Waals surface area contributed by atoms with Gasteiger partial charge in [0.15, 0.2) is 0 Å². The summed E-state index contributed by atoms with van der Waals surface area (Å²) >= 11 is 0. The maximum absolute atomic E-state index is 13.0. The van der Waals surface area contributed by atoms with E-state index in [9.17, 15) is 19.2 Å². The summed E-state index contributed by atoms with van der Waals surface area (Å²) in [6.45, 7) is 1.08. The Kier molecular flexibility index (Phi) is 9.24. The fourth-order valence-corrected chi connectivity index (χ4v) is 5.87. The number of amides is 4. The van der Waals surface area contributed by atoms with Crippen LogP contribution in [0.4, 0.5) is 11.4 Å². The van der Waals surface area contributed by atoms with Crippen LogP contribution in [0.1, 0.15) is 57.5 Å². The Hall–Kier alpha value is -5.64. The number of hydrogen-bond donors (Lipinski definition) is 2. The van der Waals surface area contributed by atoms with E-state index in [0.29, 0.717) is 48.4 Å². The molecule has 2 atom stereocenters. The Bertz CT molecular complexity index is 1600. The van der Waals surface area contributed by atoms with E-state index in [1.54, 1.807) is 46.5 Å². The minimum absolute atomic E-state index is 0.185. The van der Waals surface area contributed by atoms with E-state index in [1.807, 2.05) is 60.7 Å². The zero-order valence-corrected chi connectivity index (χ0v) is 25.2. The maximum Gasteiger partial charge on any atom is 0.256 e. The van der Waals surface area contributed by atoms with Crippen LogP contribution in [0, 0.1) is 0 Å². The molecule has 4 aromatic rings. The average Bonchev–Trinajstić information content (AvgIpc) is 3.80. The first kappa shape index (κ1) is 30.4. The summed E-state index contributed by atoms with van der Waals surface area (Å²) in [5, 5.41) is 5.90. The van der Waals surface area contributed by atoms with Crippen LogP contribution in [0.15, 0.2) is 97.6 Å². The van der Waals surface area contributed by atoms with Gasteiger partial charge < -0.3 is 20.4 Å². The highest BCUT2D eigenvalue weighted by atomic mass is 16.2. The molecule has 46 heavy (non-hydrogen) atoms. The lowest BCUT2D eigenvalue weighted by atomic mass is 10.1. The van der Waals surface area contributed by atoms with Gasteiger partial charge in [-0.05, 0) is 85.3 Å². The van der Waals surface area contributed by atoms with Gasteiger partial charge in [0.2, 0.25) is 11.8 Å². The molecule has 10 heteroatoms. The van der Waals surface area contributed by atoms with Crippen molar-refractivity contribution in [1.29, 1.82) is 0 Å². The Morgan fingerprint density at radius 3 is 1.39 bits per heavy atom. The molecule has 2 aromatic heterocycles. The molecule has 0 radical (unpaired) electrons. The van der Waals surface area contributed by atoms with Crippen LogP contribution in [0.2, 0.25) is 0 Å². The van der Waals surface area contributed by atoms with Gasteiger partial charge in [0.05, 0.1) is 11.1 Å². The number of benzene rings is 2. The summed E-state index contributed by atoms with van der Waals surface area (Å²) in [6.07, 6.45) is 13.0. The molecule has 2 N–H and O–H groups in total. The number of nitrogens with one attached hydrogen (secondary N) is 2. The second-order valence-corrected chi connectivity index (χ2v) is 11.4. The predicted octanol–water partition coefficient (Wildman–Crippen LogP) is 5.13. The molecule has 4 heterocycles. The molecule has 2 aliphatic heterocycles. The average molecular weight is 615 g/mol. The van der Waals surface area contributed by atoms with E-state index in [-0.39, 0.29) is 23.6 Å². The van der Waals surface area contributed by atoms with Crippen molar-refractivity contribution < 1.29 is 19.2 Å². The first-order valence-corrected chi connectivity index (χ1v) is 15.4. The first-order valence-electron chi connectivity index (χ1n) is 15.4. The Labute approximate surface area is 267 Å². The molecule has 0 spiro atoms. The van der Waals surface area contributed by atoms with Gasteiger partial charge in [-0.25, -0.2) is 0 Å². The number of aromatic nitrogens is 2. The summed E-state index contributed by atoms with van der Waals surface area (Å²) in [5.74, 6) is -0.775. The number of hydrogen-bond acceptors (Lipinski definition) is 6. The fourth-order valence-electron chi connectivity index (χ4n) is 5.87. The van der Waals surface area contributed by atoms with Crippen molar-refractivity contribution in [2.45, 2.75) is 37.8 Å². The highest BCUT2D eigenvalue weighted by molar-refractivity contribution is 6.02. The molecule has 2 fully saturated rings. The van der Waals surface area contributed by atoms with E-state index < -0.39 is 12.1 Å². The molecule has 0 bridgehead atoms. The molecule has 2 aromatic carbocycles. The van der Waals surface area contributed by atoms with Crippen LogP contribution in [-0.4, -0.2) is 68.6 Å². The van der Waals surface area contributed by atoms with E-state index >= 15 is 0 Å². The Balaban J connectivity index is 1.01. The molecule has 0 unspecified atom stereocenters. The molecular formula is C36H34N6O4. The van der Waals surface area contributed by atoms with Gasteiger partial charge in [-0.15, -0.1) is 0 Å². The summed E-state index contributed by atoms with van der Waals surface area (Å²) < 4.78 is 0. The largest absolute Gasteiger partial charge is 0.327 e. The number of rotatable bonds is 8. The van der Waals surface area contributed by atoms with E-state index in [4.69, 9.17) is 0 Å². The normalized spacial score (nSPS) is 17.7. The number of likely N-dealkylation sites (tertiary alicyclic amines) is 2. The quantitative estimate of drug-likeness (QED) is 0.265. The third-order valence-corrected chi connectivity index (χ3v) is 8.27. The molecule has 232 valence electrons. The first-order chi connectivity index (χ1) is 22.5. The minimum Gasteiger partial charge on any atom is -0.327 e. The molecule has 0 aliphatic carbocycles. The van der Waals surface area contributed by atoms with Gasteiger partial charge in [-0.3, -0.25) is 29.1 Å². The molecule has 4 amide bonds. The number of nitrogens with zero attached hydrogens (tertiary/aromatic N) is 4. The van der Waals surface area contributed by atoms with Gasteiger partial charge in [-0.1, -0.05) is 36.4 Å². The summed E-state index contributed by atoms with van der Waals surface area (Å²) in [6, 6.07) is 20.8. The number of pyridine rings is 2. The van der Waals surface area contributed by atoms with E-state index in [2.05, 4.69) is 20.6 Å². The van der Waals surface area contributed by atoms with Crippen molar-refractivity contribution in [2.75, 3.05) is 23.7 Å². The second-order valence-electron chi connectivity index (χ2n) is 11.4. The van der Waals surface area contributed by atoms with Crippen LogP contribution < -0.4 is 10.6 Å². The van der Waals surface area contributed by atoms with Crippen LogP contribution in [0.3, 0.4) is 0 Å². The minimum atomic E-state index is -0.522. The monoisotopic (exact) mass is 614 g/mol. The Morgan fingerprint density at radius 1 is 0.609 bits per heavy atom. The third-order valence-electron chi connectivity index (χ3n) is 8.27. The molecule has 0 saturated carbocycles. The SMILES string of the molecule is O=C(Nc1ccc(/C=C/c2ccc(NC(=O)[C@@H]3CCCN3C(=O)c3cccnc3)cc2)cc1)[C@@H]1CCCN1C(=O)c1cccnc1. The lowest BCUT2D eigenvalue weighted by Gasteiger charge is -2.24. The number of carbonyl (C=O) groups is 4. The highest BCUT2D eigenvalue weighted by Gasteiger charge is 2.35. The number of anilines is 2. The zero-order valence-electron chi connectivity index (χ0n) is 25.2. The summed E-state index contributed by atoms with van der Waals surface area (Å²) in [5.41, 5.74) is 4.16. The lowest BCUT2D eigenvalue weighted by molar-refractivity contribution is -0.120.